The molecule has 2 nitrogen and oxygen atoms in total. The van der Waals surface area contributed by atoms with Gasteiger partial charge in [-0.2, -0.15) is 0 Å². The molecule has 1 unspecified atom stereocenters. The summed E-state index contributed by atoms with van der Waals surface area (Å²) >= 11 is 12.0. The Balaban J connectivity index is 2.70. The molecule has 1 aliphatic rings. The molecule has 4 heteroatoms. The van der Waals surface area contributed by atoms with E-state index in [-0.39, 0.29) is 0 Å². The molecule has 0 bridgehead atoms. The topological polar surface area (TPSA) is 15.3 Å². The molecule has 1 fully saturated rings. The zero-order valence-corrected chi connectivity index (χ0v) is 14.1. The van der Waals surface area contributed by atoms with E-state index in [2.05, 4.69) is 37.2 Å². The van der Waals surface area contributed by atoms with Crippen LogP contribution in [0.15, 0.2) is 34.9 Å². The molecule has 0 aliphatic carbocycles. The first-order valence-corrected chi connectivity index (χ1v) is 7.97. The smallest absolute Gasteiger partial charge is 0.0379 e. The van der Waals surface area contributed by atoms with Crippen molar-refractivity contribution in [1.82, 2.24) is 10.2 Å². The van der Waals surface area contributed by atoms with Crippen LogP contribution in [0.25, 0.3) is 0 Å². The average molecular weight is 317 g/mol. The van der Waals surface area contributed by atoms with Crippen molar-refractivity contribution >= 4 is 23.2 Å². The summed E-state index contributed by atoms with van der Waals surface area (Å²) in [6, 6.07) is 0. The maximum atomic E-state index is 6.08. The maximum absolute atomic E-state index is 6.08. The van der Waals surface area contributed by atoms with Gasteiger partial charge >= 0.3 is 0 Å². The normalized spacial score (nSPS) is 19.9. The summed E-state index contributed by atoms with van der Waals surface area (Å²) in [5, 5.41) is 4.46. The molecule has 1 N–H and O–H groups in total. The molecule has 0 aromatic rings. The van der Waals surface area contributed by atoms with Crippen LogP contribution < -0.4 is 5.32 Å². The molecule has 0 amide bonds. The second-order valence-corrected chi connectivity index (χ2v) is 6.91. The Labute approximate surface area is 133 Å². The summed E-state index contributed by atoms with van der Waals surface area (Å²) in [5.74, 6) is 1.34. The van der Waals surface area contributed by atoms with Crippen molar-refractivity contribution < 1.29 is 0 Å². The van der Waals surface area contributed by atoms with Crippen molar-refractivity contribution in [3.63, 3.8) is 0 Å². The van der Waals surface area contributed by atoms with E-state index in [1.54, 1.807) is 0 Å². The van der Waals surface area contributed by atoms with Crippen LogP contribution in [-0.2, 0) is 0 Å². The van der Waals surface area contributed by atoms with Gasteiger partial charge in [-0.25, -0.2) is 0 Å². The number of rotatable bonds is 8. The van der Waals surface area contributed by atoms with E-state index >= 15 is 0 Å². The highest BCUT2D eigenvalue weighted by Gasteiger charge is 2.20. The molecule has 1 atom stereocenters. The van der Waals surface area contributed by atoms with Gasteiger partial charge < -0.3 is 5.32 Å². The summed E-state index contributed by atoms with van der Waals surface area (Å²) < 4.78 is 0. The number of nitrogens with one attached hydrogen (secondary N) is 1. The van der Waals surface area contributed by atoms with Crippen LogP contribution >= 0.6 is 23.2 Å². The van der Waals surface area contributed by atoms with E-state index in [1.165, 1.54) is 6.42 Å². The quantitative estimate of drug-likeness (QED) is 0.681. The molecule has 1 saturated heterocycles. The third kappa shape index (κ3) is 6.94. The van der Waals surface area contributed by atoms with Gasteiger partial charge in [0.1, 0.15) is 0 Å². The lowest BCUT2D eigenvalue weighted by Crippen LogP contribution is -2.35. The van der Waals surface area contributed by atoms with Gasteiger partial charge in [0, 0.05) is 29.7 Å². The van der Waals surface area contributed by atoms with E-state index < -0.39 is 0 Å². The Hall–Kier alpha value is -0.280. The maximum Gasteiger partial charge on any atom is 0.0379 e. The zero-order chi connectivity index (χ0) is 15.1. The largest absolute Gasteiger partial charge is 0.316 e. The van der Waals surface area contributed by atoms with Crippen LogP contribution in [0.3, 0.4) is 0 Å². The average Bonchev–Trinajstić information content (AvgIpc) is 2.79. The Kier molecular flexibility index (Phi) is 7.90. The van der Waals surface area contributed by atoms with Crippen molar-refractivity contribution in [2.75, 3.05) is 32.7 Å². The fraction of sp³-hybridized carbons (Fsp3) is 0.625. The molecule has 0 saturated carbocycles. The molecular formula is C16H26Cl2N2. The van der Waals surface area contributed by atoms with Crippen molar-refractivity contribution in [2.45, 2.75) is 20.3 Å². The van der Waals surface area contributed by atoms with Gasteiger partial charge in [-0.05, 0) is 43.0 Å². The van der Waals surface area contributed by atoms with Crippen LogP contribution in [-0.4, -0.2) is 37.6 Å². The minimum Gasteiger partial charge on any atom is -0.316 e. The lowest BCUT2D eigenvalue weighted by atomic mass is 10.1. The number of hydrogen-bond acceptors (Lipinski definition) is 2. The van der Waals surface area contributed by atoms with Gasteiger partial charge in [0.2, 0.25) is 0 Å². The summed E-state index contributed by atoms with van der Waals surface area (Å²) in [6.07, 6.45) is 3.06. The molecule has 114 valence electrons. The van der Waals surface area contributed by atoms with Crippen molar-refractivity contribution in [1.29, 1.82) is 0 Å². The van der Waals surface area contributed by atoms with E-state index in [4.69, 9.17) is 23.2 Å². The SMILES string of the molecule is C=C(Cl)/C=C(/CN(CC(C)C)CC1CCNC1)C(=C)Cl. The lowest BCUT2D eigenvalue weighted by molar-refractivity contribution is 0.231. The fourth-order valence-electron chi connectivity index (χ4n) is 2.60. The third-order valence-corrected chi connectivity index (χ3v) is 3.73. The number of halogens is 2. The summed E-state index contributed by atoms with van der Waals surface area (Å²) in [6.45, 7) is 17.2. The Bertz CT molecular complexity index is 369. The monoisotopic (exact) mass is 316 g/mol. The second-order valence-electron chi connectivity index (χ2n) is 5.97. The van der Waals surface area contributed by atoms with Gasteiger partial charge in [-0.1, -0.05) is 50.2 Å². The predicted octanol–water partition coefficient (Wildman–Crippen LogP) is 3.99. The predicted molar refractivity (Wildman–Crippen MR) is 90.3 cm³/mol. The highest BCUT2D eigenvalue weighted by atomic mass is 35.5. The lowest BCUT2D eigenvalue weighted by Gasteiger charge is -2.28. The van der Waals surface area contributed by atoms with Crippen molar-refractivity contribution in [3.8, 4) is 0 Å². The van der Waals surface area contributed by atoms with Gasteiger partial charge in [-0.3, -0.25) is 4.90 Å². The van der Waals surface area contributed by atoms with Gasteiger partial charge in [-0.15, -0.1) is 0 Å². The van der Waals surface area contributed by atoms with Crippen LogP contribution in [0.1, 0.15) is 20.3 Å². The molecule has 1 heterocycles. The Morgan fingerprint density at radius 2 is 2.10 bits per heavy atom. The first kappa shape index (κ1) is 17.8. The van der Waals surface area contributed by atoms with Gasteiger partial charge in [0.05, 0.1) is 0 Å². The van der Waals surface area contributed by atoms with E-state index in [0.717, 1.165) is 44.2 Å². The number of hydrogen-bond donors (Lipinski definition) is 1. The first-order chi connectivity index (χ1) is 9.38. The molecule has 1 rings (SSSR count). The van der Waals surface area contributed by atoms with E-state index in [9.17, 15) is 0 Å². The first-order valence-electron chi connectivity index (χ1n) is 7.21. The fourth-order valence-corrected chi connectivity index (χ4v) is 2.84. The number of allylic oxidation sites excluding steroid dienone is 2. The molecule has 0 radical (unpaired) electrons. The molecule has 0 spiro atoms. The summed E-state index contributed by atoms with van der Waals surface area (Å²) in [7, 11) is 0. The van der Waals surface area contributed by atoms with Gasteiger partial charge in [0.25, 0.3) is 0 Å². The minimum atomic E-state index is 0.494. The van der Waals surface area contributed by atoms with E-state index in [1.807, 2.05) is 6.08 Å². The second kappa shape index (κ2) is 8.89. The third-order valence-electron chi connectivity index (χ3n) is 3.38. The molecular weight excluding hydrogens is 291 g/mol. The zero-order valence-electron chi connectivity index (χ0n) is 12.6. The van der Waals surface area contributed by atoms with Crippen molar-refractivity contribution in [3.05, 3.63) is 34.9 Å². The van der Waals surface area contributed by atoms with Crippen molar-refractivity contribution in [2.24, 2.45) is 11.8 Å². The van der Waals surface area contributed by atoms with Crippen LogP contribution in [0.5, 0.6) is 0 Å². The highest BCUT2D eigenvalue weighted by Crippen LogP contribution is 2.20. The Morgan fingerprint density at radius 1 is 1.40 bits per heavy atom. The van der Waals surface area contributed by atoms with Crippen LogP contribution in [0, 0.1) is 11.8 Å². The summed E-state index contributed by atoms with van der Waals surface area (Å²) in [4.78, 5) is 2.45. The Morgan fingerprint density at radius 3 is 2.55 bits per heavy atom. The van der Waals surface area contributed by atoms with Gasteiger partial charge in [0.15, 0.2) is 0 Å². The van der Waals surface area contributed by atoms with Crippen LogP contribution in [0.2, 0.25) is 0 Å². The van der Waals surface area contributed by atoms with Crippen LogP contribution in [0.4, 0.5) is 0 Å². The molecule has 0 aromatic carbocycles. The number of nitrogens with zero attached hydrogens (tertiary/aromatic N) is 1. The standard InChI is InChI=1S/C16H26Cl2N2/c1-12(2)9-20(10-15-5-6-19-8-15)11-16(14(4)18)7-13(3)17/h7,12,15,19H,3-6,8-11H2,1-2H3/b16-7-. The van der Waals surface area contributed by atoms with E-state index in [0.29, 0.717) is 16.0 Å². The minimum absolute atomic E-state index is 0.494. The molecule has 20 heavy (non-hydrogen) atoms. The summed E-state index contributed by atoms with van der Waals surface area (Å²) in [5.41, 5.74) is 0.957. The molecule has 0 aromatic heterocycles. The molecule has 1 aliphatic heterocycles. The highest BCUT2D eigenvalue weighted by molar-refractivity contribution is 6.33.